The van der Waals surface area contributed by atoms with Gasteiger partial charge in [-0.1, -0.05) is 12.1 Å². The molecule has 0 saturated carbocycles. The van der Waals surface area contributed by atoms with Crippen LogP contribution in [0.3, 0.4) is 0 Å². The lowest BCUT2D eigenvalue weighted by Crippen LogP contribution is -2.41. The van der Waals surface area contributed by atoms with Gasteiger partial charge in [-0.2, -0.15) is 4.68 Å². The number of rotatable bonds is 3. The Kier molecular flexibility index (Phi) is 4.43. The quantitative estimate of drug-likeness (QED) is 0.695. The lowest BCUT2D eigenvalue weighted by molar-refractivity contribution is -0.133. The van der Waals surface area contributed by atoms with E-state index in [1.54, 1.807) is 4.90 Å². The van der Waals surface area contributed by atoms with Crippen LogP contribution in [0.25, 0.3) is 16.9 Å². The van der Waals surface area contributed by atoms with Crippen LogP contribution in [0.15, 0.2) is 35.4 Å². The van der Waals surface area contributed by atoms with E-state index in [1.807, 2.05) is 0 Å². The number of aromatic nitrogens is 5. The summed E-state index contributed by atoms with van der Waals surface area (Å²) in [7, 11) is 0. The summed E-state index contributed by atoms with van der Waals surface area (Å²) in [6, 6.07) is 5.64. The molecule has 1 fully saturated rings. The highest BCUT2D eigenvalue weighted by atomic mass is 19.1. The molecule has 1 amide bonds. The number of nitrogens with zero attached hydrogens (tertiary/aromatic N) is 6. The van der Waals surface area contributed by atoms with E-state index in [4.69, 9.17) is 0 Å². The van der Waals surface area contributed by atoms with E-state index in [-0.39, 0.29) is 29.4 Å². The number of carbonyl (C=O) groups excluding carboxylic acids is 1. The summed E-state index contributed by atoms with van der Waals surface area (Å²) < 4.78 is 15.7. The molecule has 3 heterocycles. The fourth-order valence-corrected chi connectivity index (χ4v) is 3.22. The molecule has 1 aliphatic rings. The second-order valence-electron chi connectivity index (χ2n) is 6.89. The zero-order valence-corrected chi connectivity index (χ0v) is 14.9. The predicted octanol–water partition coefficient (Wildman–Crippen LogP) is 1.37. The van der Waals surface area contributed by atoms with Crippen LogP contribution in [-0.4, -0.2) is 48.4 Å². The van der Waals surface area contributed by atoms with Gasteiger partial charge in [0.05, 0.1) is 5.69 Å². The SMILES string of the molecule is CC1CCN(C(=O)Cn2cnc3c(nnn3-c3ccc(F)cc3)c2=O)CC1. The molecule has 0 atom stereocenters. The average Bonchev–Trinajstić information content (AvgIpc) is 3.10. The van der Waals surface area contributed by atoms with Crippen molar-refractivity contribution in [3.8, 4) is 5.69 Å². The molecule has 4 rings (SSSR count). The van der Waals surface area contributed by atoms with Gasteiger partial charge in [-0.3, -0.25) is 14.2 Å². The molecule has 8 nitrogen and oxygen atoms in total. The lowest BCUT2D eigenvalue weighted by Gasteiger charge is -2.30. The average molecular weight is 370 g/mol. The van der Waals surface area contributed by atoms with Crippen LogP contribution >= 0.6 is 0 Å². The standard InChI is InChI=1S/C18H19FN6O2/c1-12-6-8-23(9-7-12)15(26)10-24-11-20-17-16(18(24)27)21-22-25(17)14-4-2-13(19)3-5-14/h2-5,11-12H,6-10H2,1H3. The predicted molar refractivity (Wildman–Crippen MR) is 95.9 cm³/mol. The molecule has 1 saturated heterocycles. The Hall–Kier alpha value is -3.10. The third-order valence-electron chi connectivity index (χ3n) is 4.94. The molecule has 1 aliphatic heterocycles. The summed E-state index contributed by atoms with van der Waals surface area (Å²) in [6.07, 6.45) is 3.28. The van der Waals surface area contributed by atoms with Crippen molar-refractivity contribution in [3.63, 3.8) is 0 Å². The summed E-state index contributed by atoms with van der Waals surface area (Å²) in [5.74, 6) is 0.150. The third kappa shape index (κ3) is 3.32. The van der Waals surface area contributed by atoms with Crippen molar-refractivity contribution in [2.45, 2.75) is 26.3 Å². The van der Waals surface area contributed by atoms with Gasteiger partial charge in [0, 0.05) is 13.1 Å². The molecular formula is C18H19FN6O2. The van der Waals surface area contributed by atoms with Crippen molar-refractivity contribution in [2.75, 3.05) is 13.1 Å². The largest absolute Gasteiger partial charge is 0.341 e. The van der Waals surface area contributed by atoms with Crippen LogP contribution in [0, 0.1) is 11.7 Å². The van der Waals surface area contributed by atoms with Crippen molar-refractivity contribution in [1.82, 2.24) is 29.4 Å². The Morgan fingerprint density at radius 3 is 2.63 bits per heavy atom. The first kappa shape index (κ1) is 17.3. The molecule has 0 radical (unpaired) electrons. The monoisotopic (exact) mass is 370 g/mol. The van der Waals surface area contributed by atoms with E-state index >= 15 is 0 Å². The van der Waals surface area contributed by atoms with Crippen molar-refractivity contribution >= 4 is 17.1 Å². The van der Waals surface area contributed by atoms with Gasteiger partial charge in [-0.25, -0.2) is 9.37 Å². The van der Waals surface area contributed by atoms with Gasteiger partial charge in [0.15, 0.2) is 11.2 Å². The maximum absolute atomic E-state index is 13.1. The van der Waals surface area contributed by atoms with Gasteiger partial charge in [0.25, 0.3) is 5.56 Å². The summed E-state index contributed by atoms with van der Waals surface area (Å²) in [6.45, 7) is 3.53. The number of carbonyl (C=O) groups is 1. The number of amides is 1. The number of likely N-dealkylation sites (tertiary alicyclic amines) is 1. The number of piperidine rings is 1. The Balaban J connectivity index is 1.60. The Labute approximate surface area is 154 Å². The van der Waals surface area contributed by atoms with Crippen molar-refractivity contribution in [2.24, 2.45) is 5.92 Å². The second kappa shape index (κ2) is 6.90. The molecule has 0 aliphatic carbocycles. The maximum Gasteiger partial charge on any atom is 0.284 e. The first-order chi connectivity index (χ1) is 13.0. The Morgan fingerprint density at radius 1 is 1.22 bits per heavy atom. The normalized spacial score (nSPS) is 15.4. The van der Waals surface area contributed by atoms with Crippen LogP contribution in [0.1, 0.15) is 19.8 Å². The van der Waals surface area contributed by atoms with Crippen molar-refractivity contribution in [3.05, 3.63) is 46.8 Å². The second-order valence-corrected chi connectivity index (χ2v) is 6.89. The molecule has 0 bridgehead atoms. The fourth-order valence-electron chi connectivity index (χ4n) is 3.22. The summed E-state index contributed by atoms with van der Waals surface area (Å²) in [4.78, 5) is 31.2. The van der Waals surface area contributed by atoms with Gasteiger partial charge < -0.3 is 4.90 Å². The highest BCUT2D eigenvalue weighted by Crippen LogP contribution is 2.16. The molecule has 27 heavy (non-hydrogen) atoms. The van der Waals surface area contributed by atoms with Crippen LogP contribution in [-0.2, 0) is 11.3 Å². The zero-order valence-electron chi connectivity index (χ0n) is 14.9. The molecule has 0 N–H and O–H groups in total. The minimum Gasteiger partial charge on any atom is -0.341 e. The van der Waals surface area contributed by atoms with E-state index in [9.17, 15) is 14.0 Å². The van der Waals surface area contributed by atoms with Gasteiger partial charge in [0.2, 0.25) is 5.91 Å². The first-order valence-corrected chi connectivity index (χ1v) is 8.87. The number of hydrogen-bond acceptors (Lipinski definition) is 5. The molecule has 0 spiro atoms. The van der Waals surface area contributed by atoms with E-state index < -0.39 is 5.56 Å². The minimum absolute atomic E-state index is 0.0699. The smallest absolute Gasteiger partial charge is 0.284 e. The summed E-state index contributed by atoms with van der Waals surface area (Å²) in [5.41, 5.74) is 0.457. The van der Waals surface area contributed by atoms with E-state index in [0.29, 0.717) is 24.7 Å². The molecule has 9 heteroatoms. The summed E-state index contributed by atoms with van der Waals surface area (Å²) in [5, 5.41) is 7.85. The van der Waals surface area contributed by atoms with Crippen LogP contribution in [0.4, 0.5) is 4.39 Å². The van der Waals surface area contributed by atoms with Gasteiger partial charge >= 0.3 is 0 Å². The lowest BCUT2D eigenvalue weighted by atomic mass is 9.99. The highest BCUT2D eigenvalue weighted by Gasteiger charge is 2.21. The molecule has 2 aromatic heterocycles. The minimum atomic E-state index is -0.424. The molecule has 0 unspecified atom stereocenters. The van der Waals surface area contributed by atoms with Crippen LogP contribution < -0.4 is 5.56 Å². The van der Waals surface area contributed by atoms with E-state index in [2.05, 4.69) is 22.2 Å². The number of halogens is 1. The van der Waals surface area contributed by atoms with Gasteiger partial charge in [-0.05, 0) is 43.0 Å². The van der Waals surface area contributed by atoms with Crippen molar-refractivity contribution in [1.29, 1.82) is 0 Å². The summed E-state index contributed by atoms with van der Waals surface area (Å²) >= 11 is 0. The first-order valence-electron chi connectivity index (χ1n) is 8.87. The zero-order chi connectivity index (χ0) is 19.0. The Morgan fingerprint density at radius 2 is 1.93 bits per heavy atom. The maximum atomic E-state index is 13.1. The van der Waals surface area contributed by atoms with Gasteiger partial charge in [0.1, 0.15) is 18.7 Å². The van der Waals surface area contributed by atoms with Crippen LogP contribution in [0.2, 0.25) is 0 Å². The van der Waals surface area contributed by atoms with E-state index in [1.165, 1.54) is 39.8 Å². The van der Waals surface area contributed by atoms with Crippen molar-refractivity contribution < 1.29 is 9.18 Å². The number of hydrogen-bond donors (Lipinski definition) is 0. The fraction of sp³-hybridized carbons (Fsp3) is 0.389. The number of benzene rings is 1. The molecule has 1 aromatic carbocycles. The molecule has 140 valence electrons. The van der Waals surface area contributed by atoms with Crippen LogP contribution in [0.5, 0.6) is 0 Å². The Bertz CT molecular complexity index is 1030. The third-order valence-corrected chi connectivity index (χ3v) is 4.94. The molecular weight excluding hydrogens is 351 g/mol. The number of fused-ring (bicyclic) bond motifs is 1. The topological polar surface area (TPSA) is 85.9 Å². The van der Waals surface area contributed by atoms with E-state index in [0.717, 1.165) is 12.8 Å². The molecule has 3 aromatic rings. The van der Waals surface area contributed by atoms with Gasteiger partial charge in [-0.15, -0.1) is 5.10 Å². The highest BCUT2D eigenvalue weighted by molar-refractivity contribution is 5.77.